The van der Waals surface area contributed by atoms with Gasteiger partial charge in [0.05, 0.1) is 11.0 Å². The van der Waals surface area contributed by atoms with Crippen LogP contribution in [0.5, 0.6) is 0 Å². The molecule has 0 saturated carbocycles. The van der Waals surface area contributed by atoms with Crippen LogP contribution in [0.4, 0.5) is 0 Å². The van der Waals surface area contributed by atoms with Gasteiger partial charge in [0.1, 0.15) is 5.82 Å². The van der Waals surface area contributed by atoms with Crippen molar-refractivity contribution in [2.45, 2.75) is 78.7 Å². The number of rotatable bonds is 10. The van der Waals surface area contributed by atoms with Gasteiger partial charge >= 0.3 is 0 Å². The van der Waals surface area contributed by atoms with Crippen LogP contribution in [0.15, 0.2) is 48.5 Å². The fourth-order valence-corrected chi connectivity index (χ4v) is 4.10. The maximum absolute atomic E-state index is 5.04. The minimum atomic E-state index is 0.302. The van der Waals surface area contributed by atoms with Crippen molar-refractivity contribution in [1.29, 1.82) is 0 Å². The lowest BCUT2D eigenvalue weighted by Gasteiger charge is -2.16. The summed E-state index contributed by atoms with van der Waals surface area (Å²) in [6.45, 7) is 10.2. The van der Waals surface area contributed by atoms with Gasteiger partial charge < -0.3 is 4.57 Å². The molecular formula is C26H36N2. The molecule has 1 heterocycles. The summed E-state index contributed by atoms with van der Waals surface area (Å²) >= 11 is 0. The minimum Gasteiger partial charge on any atom is -0.327 e. The van der Waals surface area contributed by atoms with Gasteiger partial charge in [0.15, 0.2) is 0 Å². The van der Waals surface area contributed by atoms with Crippen molar-refractivity contribution in [2.75, 3.05) is 0 Å². The topological polar surface area (TPSA) is 17.8 Å². The van der Waals surface area contributed by atoms with Crippen LogP contribution in [-0.4, -0.2) is 9.55 Å². The number of benzene rings is 2. The molecule has 0 bridgehead atoms. The summed E-state index contributed by atoms with van der Waals surface area (Å²) in [5, 5.41) is 0. The van der Waals surface area contributed by atoms with Crippen molar-refractivity contribution in [3.8, 4) is 0 Å². The van der Waals surface area contributed by atoms with Crippen molar-refractivity contribution in [2.24, 2.45) is 5.92 Å². The Labute approximate surface area is 171 Å². The molecule has 2 heteroatoms. The predicted octanol–water partition coefficient (Wildman–Crippen LogP) is 7.36. The number of imidazole rings is 1. The Morgan fingerprint density at radius 1 is 0.857 bits per heavy atom. The summed E-state index contributed by atoms with van der Waals surface area (Å²) in [5.74, 6) is 2.20. The lowest BCUT2D eigenvalue weighted by atomic mass is 9.96. The second kappa shape index (κ2) is 9.91. The fourth-order valence-electron chi connectivity index (χ4n) is 4.10. The first-order valence-corrected chi connectivity index (χ1v) is 11.1. The molecule has 3 rings (SSSR count). The molecule has 0 aliphatic heterocycles. The zero-order valence-corrected chi connectivity index (χ0v) is 18.1. The largest absolute Gasteiger partial charge is 0.327 e. The highest BCUT2D eigenvalue weighted by Crippen LogP contribution is 2.28. The number of unbranched alkanes of at least 4 members (excludes halogenated alkanes) is 4. The molecule has 150 valence electrons. The molecule has 1 unspecified atom stereocenters. The third-order valence-electron chi connectivity index (χ3n) is 5.68. The quantitative estimate of drug-likeness (QED) is 0.338. The van der Waals surface area contributed by atoms with Gasteiger partial charge in [0.25, 0.3) is 0 Å². The Hall–Kier alpha value is -2.09. The molecule has 0 spiro atoms. The van der Waals surface area contributed by atoms with E-state index >= 15 is 0 Å². The Morgan fingerprint density at radius 3 is 2.29 bits per heavy atom. The van der Waals surface area contributed by atoms with E-state index in [-0.39, 0.29) is 0 Å². The van der Waals surface area contributed by atoms with Crippen molar-refractivity contribution >= 4 is 11.0 Å². The van der Waals surface area contributed by atoms with E-state index in [4.69, 9.17) is 4.98 Å². The zero-order valence-electron chi connectivity index (χ0n) is 18.1. The number of hydrogen-bond donors (Lipinski definition) is 0. The van der Waals surface area contributed by atoms with Gasteiger partial charge in [-0.3, -0.25) is 0 Å². The first-order chi connectivity index (χ1) is 13.6. The van der Waals surface area contributed by atoms with E-state index in [1.807, 2.05) is 0 Å². The van der Waals surface area contributed by atoms with Crippen LogP contribution >= 0.6 is 0 Å². The lowest BCUT2D eigenvalue weighted by molar-refractivity contribution is 0.556. The third-order valence-corrected chi connectivity index (χ3v) is 5.68. The van der Waals surface area contributed by atoms with Gasteiger partial charge in [0.2, 0.25) is 0 Å². The standard InChI is InChI=1S/C26H36N2/c1-5-6-7-8-11-18-28-25-13-10-9-12-24(25)27-26(28)21(4)23-16-14-22(15-17-23)19-20(2)3/h9-10,12-17,20-21H,5-8,11,18-19H2,1-4H3. The van der Waals surface area contributed by atoms with Crippen LogP contribution in [0.1, 0.15) is 82.7 Å². The molecule has 2 aromatic carbocycles. The molecule has 3 aromatic rings. The van der Waals surface area contributed by atoms with Gasteiger partial charge in [-0.15, -0.1) is 0 Å². The summed E-state index contributed by atoms with van der Waals surface area (Å²) in [4.78, 5) is 5.04. The van der Waals surface area contributed by atoms with E-state index < -0.39 is 0 Å². The molecule has 0 amide bonds. The highest BCUT2D eigenvalue weighted by atomic mass is 15.1. The van der Waals surface area contributed by atoms with Crippen LogP contribution in [0.3, 0.4) is 0 Å². The number of nitrogens with zero attached hydrogens (tertiary/aromatic N) is 2. The van der Waals surface area contributed by atoms with Gasteiger partial charge in [-0.2, -0.15) is 0 Å². The monoisotopic (exact) mass is 376 g/mol. The zero-order chi connectivity index (χ0) is 19.9. The summed E-state index contributed by atoms with van der Waals surface area (Å²) in [7, 11) is 0. The maximum Gasteiger partial charge on any atom is 0.117 e. The van der Waals surface area contributed by atoms with Crippen LogP contribution in [0.2, 0.25) is 0 Å². The number of hydrogen-bond acceptors (Lipinski definition) is 1. The second-order valence-electron chi connectivity index (χ2n) is 8.59. The molecule has 1 aromatic heterocycles. The highest BCUT2D eigenvalue weighted by molar-refractivity contribution is 5.76. The lowest BCUT2D eigenvalue weighted by Crippen LogP contribution is -2.09. The number of fused-ring (bicyclic) bond motifs is 1. The van der Waals surface area contributed by atoms with Crippen LogP contribution in [0.25, 0.3) is 11.0 Å². The van der Waals surface area contributed by atoms with Crippen LogP contribution in [0, 0.1) is 5.92 Å². The first kappa shape index (κ1) is 20.6. The summed E-state index contributed by atoms with van der Waals surface area (Å²) < 4.78 is 2.47. The van der Waals surface area contributed by atoms with Crippen LogP contribution < -0.4 is 0 Å². The minimum absolute atomic E-state index is 0.302. The Bertz CT molecular complexity index is 858. The van der Waals surface area contributed by atoms with E-state index in [0.717, 1.165) is 18.5 Å². The number of aromatic nitrogens is 2. The SMILES string of the molecule is CCCCCCCn1c(C(C)c2ccc(CC(C)C)cc2)nc2ccccc21. The molecule has 0 aliphatic rings. The summed E-state index contributed by atoms with van der Waals surface area (Å²) in [6.07, 6.45) is 7.65. The third kappa shape index (κ3) is 5.04. The second-order valence-corrected chi connectivity index (χ2v) is 8.59. The van der Waals surface area contributed by atoms with E-state index in [1.54, 1.807) is 0 Å². The molecule has 28 heavy (non-hydrogen) atoms. The number of para-hydroxylation sites is 2. The van der Waals surface area contributed by atoms with Crippen molar-refractivity contribution in [3.05, 3.63) is 65.5 Å². The maximum atomic E-state index is 5.04. The van der Waals surface area contributed by atoms with Crippen molar-refractivity contribution in [1.82, 2.24) is 9.55 Å². The Kier molecular flexibility index (Phi) is 7.30. The molecule has 0 radical (unpaired) electrons. The average molecular weight is 377 g/mol. The number of aryl methyl sites for hydroxylation is 1. The fraction of sp³-hybridized carbons (Fsp3) is 0.500. The van der Waals surface area contributed by atoms with Crippen LogP contribution in [-0.2, 0) is 13.0 Å². The smallest absolute Gasteiger partial charge is 0.117 e. The Morgan fingerprint density at radius 2 is 1.57 bits per heavy atom. The normalized spacial score (nSPS) is 12.8. The Balaban J connectivity index is 1.83. The molecule has 0 fully saturated rings. The van der Waals surface area contributed by atoms with Gasteiger partial charge in [-0.1, -0.05) is 89.8 Å². The van der Waals surface area contributed by atoms with Crippen molar-refractivity contribution in [3.63, 3.8) is 0 Å². The van der Waals surface area contributed by atoms with E-state index in [0.29, 0.717) is 11.8 Å². The average Bonchev–Trinajstić information content (AvgIpc) is 3.06. The highest BCUT2D eigenvalue weighted by Gasteiger charge is 2.18. The van der Waals surface area contributed by atoms with Crippen molar-refractivity contribution < 1.29 is 0 Å². The molecular weight excluding hydrogens is 340 g/mol. The molecule has 2 nitrogen and oxygen atoms in total. The summed E-state index contributed by atoms with van der Waals surface area (Å²) in [6, 6.07) is 17.8. The predicted molar refractivity (Wildman–Crippen MR) is 121 cm³/mol. The molecule has 0 aliphatic carbocycles. The van der Waals surface area contributed by atoms with Gasteiger partial charge in [0, 0.05) is 12.5 Å². The van der Waals surface area contributed by atoms with Gasteiger partial charge in [-0.25, -0.2) is 4.98 Å². The van der Waals surface area contributed by atoms with E-state index in [9.17, 15) is 0 Å². The van der Waals surface area contributed by atoms with E-state index in [2.05, 4.69) is 80.8 Å². The van der Waals surface area contributed by atoms with Gasteiger partial charge in [-0.05, 0) is 42.0 Å². The molecule has 0 N–H and O–H groups in total. The molecule has 0 saturated heterocycles. The summed E-state index contributed by atoms with van der Waals surface area (Å²) in [5.41, 5.74) is 5.18. The van der Waals surface area contributed by atoms with E-state index in [1.165, 1.54) is 54.6 Å². The first-order valence-electron chi connectivity index (χ1n) is 11.1. The molecule has 1 atom stereocenters.